The number of rotatable bonds is 13. The molecule has 4 unspecified atom stereocenters. The zero-order chi connectivity index (χ0) is 16.9. The van der Waals surface area contributed by atoms with Gasteiger partial charge in [0.1, 0.15) is 0 Å². The van der Waals surface area contributed by atoms with Crippen LogP contribution >= 0.6 is 0 Å². The van der Waals surface area contributed by atoms with Gasteiger partial charge in [0.2, 0.25) is 0 Å². The molecule has 3 heteroatoms. The lowest BCUT2D eigenvalue weighted by atomic mass is 9.84. The highest BCUT2D eigenvalue weighted by Crippen LogP contribution is 2.30. The lowest BCUT2D eigenvalue weighted by Crippen LogP contribution is -2.39. The Morgan fingerprint density at radius 3 is 2.39 bits per heavy atom. The molecule has 1 rings (SSSR count). The smallest absolute Gasteiger partial charge is 0.0628 e. The van der Waals surface area contributed by atoms with Crippen molar-refractivity contribution in [2.45, 2.75) is 116 Å². The number of hydrogen-bond acceptors (Lipinski definition) is 3. The van der Waals surface area contributed by atoms with Gasteiger partial charge in [0.15, 0.2) is 0 Å². The average Bonchev–Trinajstić information content (AvgIpc) is 2.56. The summed E-state index contributed by atoms with van der Waals surface area (Å²) in [6.45, 7) is 4.98. The number of aliphatic hydroxyl groups excluding tert-OH is 2. The van der Waals surface area contributed by atoms with E-state index in [0.717, 1.165) is 44.9 Å². The SMILES string of the molecule is CCCCCCCCC1C(O)CCOC1CCCCC(O)CC. The third-order valence-electron chi connectivity index (χ3n) is 5.36. The first-order valence-corrected chi connectivity index (χ1v) is 10.2. The average molecular weight is 329 g/mol. The highest BCUT2D eigenvalue weighted by Gasteiger charge is 2.32. The van der Waals surface area contributed by atoms with Crippen LogP contribution in [-0.4, -0.2) is 35.1 Å². The van der Waals surface area contributed by atoms with Gasteiger partial charge in [0.25, 0.3) is 0 Å². The van der Waals surface area contributed by atoms with Crippen molar-refractivity contribution in [3.05, 3.63) is 0 Å². The molecular formula is C20H40O3. The van der Waals surface area contributed by atoms with E-state index in [1.54, 1.807) is 0 Å². The summed E-state index contributed by atoms with van der Waals surface area (Å²) in [5.41, 5.74) is 0. The minimum Gasteiger partial charge on any atom is -0.393 e. The van der Waals surface area contributed by atoms with E-state index in [-0.39, 0.29) is 18.3 Å². The second kappa shape index (κ2) is 13.2. The molecule has 4 atom stereocenters. The van der Waals surface area contributed by atoms with Gasteiger partial charge < -0.3 is 14.9 Å². The molecule has 0 bridgehead atoms. The van der Waals surface area contributed by atoms with E-state index in [1.165, 1.54) is 38.5 Å². The Morgan fingerprint density at radius 1 is 0.957 bits per heavy atom. The number of aliphatic hydroxyl groups is 2. The summed E-state index contributed by atoms with van der Waals surface area (Å²) < 4.78 is 5.97. The molecular weight excluding hydrogens is 288 g/mol. The number of unbranched alkanes of at least 4 members (excludes halogenated alkanes) is 6. The molecule has 2 N–H and O–H groups in total. The molecule has 1 fully saturated rings. The van der Waals surface area contributed by atoms with Gasteiger partial charge in [-0.05, 0) is 32.1 Å². The number of hydrogen-bond donors (Lipinski definition) is 2. The van der Waals surface area contributed by atoms with E-state index in [9.17, 15) is 10.2 Å². The summed E-state index contributed by atoms with van der Waals surface area (Å²) in [4.78, 5) is 0. The standard InChI is InChI=1S/C20H40O3/c1-3-5-6-7-8-9-13-18-19(22)15-16-23-20(18)14-11-10-12-17(21)4-2/h17-22H,3-16H2,1-2H3. The van der Waals surface area contributed by atoms with Gasteiger partial charge >= 0.3 is 0 Å². The highest BCUT2D eigenvalue weighted by molar-refractivity contribution is 4.81. The highest BCUT2D eigenvalue weighted by atomic mass is 16.5. The van der Waals surface area contributed by atoms with E-state index < -0.39 is 0 Å². The van der Waals surface area contributed by atoms with Gasteiger partial charge in [-0.15, -0.1) is 0 Å². The van der Waals surface area contributed by atoms with Gasteiger partial charge in [-0.2, -0.15) is 0 Å². The predicted octanol–water partition coefficient (Wildman–Crippen LogP) is 4.83. The van der Waals surface area contributed by atoms with Crippen molar-refractivity contribution in [2.24, 2.45) is 5.92 Å². The van der Waals surface area contributed by atoms with Crippen LogP contribution in [0.1, 0.15) is 97.3 Å². The molecule has 1 heterocycles. The van der Waals surface area contributed by atoms with E-state index in [1.807, 2.05) is 6.92 Å². The van der Waals surface area contributed by atoms with Crippen molar-refractivity contribution in [3.63, 3.8) is 0 Å². The van der Waals surface area contributed by atoms with Crippen LogP contribution in [-0.2, 0) is 4.74 Å². The molecule has 1 saturated heterocycles. The minimum absolute atomic E-state index is 0.146. The molecule has 0 aromatic carbocycles. The van der Waals surface area contributed by atoms with Crippen LogP contribution in [0.5, 0.6) is 0 Å². The van der Waals surface area contributed by atoms with E-state index >= 15 is 0 Å². The molecule has 1 aliphatic heterocycles. The van der Waals surface area contributed by atoms with Crippen molar-refractivity contribution < 1.29 is 14.9 Å². The molecule has 0 spiro atoms. The molecule has 23 heavy (non-hydrogen) atoms. The third kappa shape index (κ3) is 9.07. The van der Waals surface area contributed by atoms with Crippen molar-refractivity contribution >= 4 is 0 Å². The Hall–Kier alpha value is -0.120. The molecule has 1 aliphatic rings. The topological polar surface area (TPSA) is 49.7 Å². The zero-order valence-corrected chi connectivity index (χ0v) is 15.5. The molecule has 0 saturated carbocycles. The molecule has 0 aromatic rings. The van der Waals surface area contributed by atoms with Gasteiger partial charge in [0, 0.05) is 12.5 Å². The fourth-order valence-electron chi connectivity index (χ4n) is 3.69. The Bertz CT molecular complexity index is 270. The maximum absolute atomic E-state index is 10.3. The van der Waals surface area contributed by atoms with Crippen LogP contribution in [0, 0.1) is 5.92 Å². The maximum atomic E-state index is 10.3. The largest absolute Gasteiger partial charge is 0.393 e. The summed E-state index contributed by atoms with van der Waals surface area (Å²) in [6.07, 6.45) is 14.6. The van der Waals surface area contributed by atoms with E-state index in [2.05, 4.69) is 6.92 Å². The number of ether oxygens (including phenoxy) is 1. The summed E-state index contributed by atoms with van der Waals surface area (Å²) in [6, 6.07) is 0. The van der Waals surface area contributed by atoms with Crippen molar-refractivity contribution in [1.82, 2.24) is 0 Å². The summed E-state index contributed by atoms with van der Waals surface area (Å²) in [5.74, 6) is 0.325. The quantitative estimate of drug-likeness (QED) is 0.476. The molecule has 0 amide bonds. The van der Waals surface area contributed by atoms with Gasteiger partial charge in [-0.25, -0.2) is 0 Å². The molecule has 0 aromatic heterocycles. The van der Waals surface area contributed by atoms with Crippen LogP contribution in [0.25, 0.3) is 0 Å². The molecule has 138 valence electrons. The van der Waals surface area contributed by atoms with Crippen LogP contribution in [0.4, 0.5) is 0 Å². The van der Waals surface area contributed by atoms with Gasteiger partial charge in [0.05, 0.1) is 18.3 Å². The minimum atomic E-state index is -0.175. The first-order chi connectivity index (χ1) is 11.2. The van der Waals surface area contributed by atoms with Crippen LogP contribution in [0.3, 0.4) is 0 Å². The Labute approximate surface area is 143 Å². The molecule has 0 radical (unpaired) electrons. The maximum Gasteiger partial charge on any atom is 0.0628 e. The first kappa shape index (κ1) is 20.9. The summed E-state index contributed by atoms with van der Waals surface area (Å²) in [7, 11) is 0. The Balaban J connectivity index is 2.22. The van der Waals surface area contributed by atoms with Crippen molar-refractivity contribution in [3.8, 4) is 0 Å². The van der Waals surface area contributed by atoms with E-state index in [0.29, 0.717) is 12.5 Å². The van der Waals surface area contributed by atoms with E-state index in [4.69, 9.17) is 4.74 Å². The normalized spacial score (nSPS) is 26.3. The van der Waals surface area contributed by atoms with Gasteiger partial charge in [-0.3, -0.25) is 0 Å². The third-order valence-corrected chi connectivity index (χ3v) is 5.36. The predicted molar refractivity (Wildman–Crippen MR) is 96.6 cm³/mol. The van der Waals surface area contributed by atoms with Gasteiger partial charge in [-0.1, -0.05) is 65.2 Å². The van der Waals surface area contributed by atoms with Crippen LogP contribution < -0.4 is 0 Å². The monoisotopic (exact) mass is 328 g/mol. The summed E-state index contributed by atoms with van der Waals surface area (Å²) in [5, 5.41) is 20.0. The van der Waals surface area contributed by atoms with Crippen LogP contribution in [0.2, 0.25) is 0 Å². The fourth-order valence-corrected chi connectivity index (χ4v) is 3.69. The second-order valence-electron chi connectivity index (χ2n) is 7.33. The molecule has 0 aliphatic carbocycles. The summed E-state index contributed by atoms with van der Waals surface area (Å²) >= 11 is 0. The Morgan fingerprint density at radius 2 is 1.65 bits per heavy atom. The molecule has 3 nitrogen and oxygen atoms in total. The Kier molecular flexibility index (Phi) is 12.0. The second-order valence-corrected chi connectivity index (χ2v) is 7.33. The van der Waals surface area contributed by atoms with Crippen molar-refractivity contribution in [1.29, 1.82) is 0 Å². The lowest BCUT2D eigenvalue weighted by Gasteiger charge is -2.36. The lowest BCUT2D eigenvalue weighted by molar-refractivity contribution is -0.0984. The zero-order valence-electron chi connectivity index (χ0n) is 15.5. The van der Waals surface area contributed by atoms with Crippen molar-refractivity contribution in [2.75, 3.05) is 6.61 Å². The fraction of sp³-hybridized carbons (Fsp3) is 1.00. The first-order valence-electron chi connectivity index (χ1n) is 10.2. The van der Waals surface area contributed by atoms with Crippen LogP contribution in [0.15, 0.2) is 0 Å².